The summed E-state index contributed by atoms with van der Waals surface area (Å²) in [5, 5.41) is 6.34. The maximum absolute atomic E-state index is 12.4. The molecule has 1 aliphatic rings. The number of fused-ring (bicyclic) bond motifs is 1. The van der Waals surface area contributed by atoms with Crippen molar-refractivity contribution >= 4 is 28.6 Å². The molecule has 4 rings (SSSR count). The van der Waals surface area contributed by atoms with Gasteiger partial charge in [0.1, 0.15) is 5.75 Å². The van der Waals surface area contributed by atoms with E-state index in [0.29, 0.717) is 35.2 Å². The number of halogens is 3. The van der Waals surface area contributed by atoms with Gasteiger partial charge in [0.05, 0.1) is 12.4 Å². The van der Waals surface area contributed by atoms with Gasteiger partial charge in [0.25, 0.3) is 0 Å². The maximum atomic E-state index is 12.4. The Morgan fingerprint density at radius 1 is 1.23 bits per heavy atom. The van der Waals surface area contributed by atoms with E-state index in [1.165, 1.54) is 24.3 Å². The molecule has 31 heavy (non-hydrogen) atoms. The van der Waals surface area contributed by atoms with E-state index in [4.69, 9.17) is 4.74 Å². The van der Waals surface area contributed by atoms with Gasteiger partial charge in [-0.2, -0.15) is 9.97 Å². The fourth-order valence-electron chi connectivity index (χ4n) is 3.36. The quantitative estimate of drug-likeness (QED) is 0.558. The molecule has 0 amide bonds. The SMILES string of the molecule is CC(C)n1cnc2c(NCC3CCCO3)nc(Nc3ccc(OC(F)(F)F)cc3)nc21. The summed E-state index contributed by atoms with van der Waals surface area (Å²) in [6, 6.07) is 5.52. The third-order valence-corrected chi connectivity index (χ3v) is 4.84. The molecule has 11 heteroatoms. The maximum Gasteiger partial charge on any atom is 0.573 e. The average molecular weight is 436 g/mol. The first-order chi connectivity index (χ1) is 14.8. The van der Waals surface area contributed by atoms with Crippen molar-refractivity contribution < 1.29 is 22.6 Å². The third-order valence-electron chi connectivity index (χ3n) is 4.84. The van der Waals surface area contributed by atoms with Crippen LogP contribution < -0.4 is 15.4 Å². The number of alkyl halides is 3. The van der Waals surface area contributed by atoms with Crippen molar-refractivity contribution in [1.82, 2.24) is 19.5 Å². The zero-order chi connectivity index (χ0) is 22.0. The van der Waals surface area contributed by atoms with Crippen LogP contribution in [-0.2, 0) is 4.74 Å². The lowest BCUT2D eigenvalue weighted by Crippen LogP contribution is -2.19. The van der Waals surface area contributed by atoms with Crippen molar-refractivity contribution in [3.05, 3.63) is 30.6 Å². The first-order valence-corrected chi connectivity index (χ1v) is 10.0. The van der Waals surface area contributed by atoms with Gasteiger partial charge in [-0.15, -0.1) is 13.2 Å². The molecule has 0 radical (unpaired) electrons. The van der Waals surface area contributed by atoms with E-state index in [1.807, 2.05) is 18.4 Å². The second kappa shape index (κ2) is 8.58. The Hall–Kier alpha value is -3.08. The Morgan fingerprint density at radius 3 is 2.65 bits per heavy atom. The van der Waals surface area contributed by atoms with Crippen LogP contribution in [0.25, 0.3) is 11.2 Å². The highest BCUT2D eigenvalue weighted by Gasteiger charge is 2.31. The lowest BCUT2D eigenvalue weighted by molar-refractivity contribution is -0.274. The van der Waals surface area contributed by atoms with E-state index in [2.05, 4.69) is 30.3 Å². The summed E-state index contributed by atoms with van der Waals surface area (Å²) in [6.45, 7) is 5.41. The smallest absolute Gasteiger partial charge is 0.406 e. The van der Waals surface area contributed by atoms with Crippen molar-refractivity contribution in [1.29, 1.82) is 0 Å². The summed E-state index contributed by atoms with van der Waals surface area (Å²) >= 11 is 0. The predicted molar refractivity (Wildman–Crippen MR) is 110 cm³/mol. The van der Waals surface area contributed by atoms with Crippen LogP contribution >= 0.6 is 0 Å². The minimum Gasteiger partial charge on any atom is -0.406 e. The van der Waals surface area contributed by atoms with Crippen LogP contribution in [0.4, 0.5) is 30.6 Å². The highest BCUT2D eigenvalue weighted by Crippen LogP contribution is 2.27. The van der Waals surface area contributed by atoms with E-state index in [1.54, 1.807) is 6.33 Å². The van der Waals surface area contributed by atoms with Crippen LogP contribution in [0.3, 0.4) is 0 Å². The number of nitrogens with zero attached hydrogens (tertiary/aromatic N) is 4. The van der Waals surface area contributed by atoms with Gasteiger partial charge in [-0.05, 0) is 51.0 Å². The van der Waals surface area contributed by atoms with Gasteiger partial charge in [0.2, 0.25) is 5.95 Å². The van der Waals surface area contributed by atoms with Gasteiger partial charge >= 0.3 is 6.36 Å². The zero-order valence-corrected chi connectivity index (χ0v) is 17.1. The fourth-order valence-corrected chi connectivity index (χ4v) is 3.36. The fraction of sp³-hybridized carbons (Fsp3) is 0.450. The number of rotatable bonds is 7. The molecule has 1 atom stereocenters. The number of benzene rings is 1. The molecular formula is C20H23F3N6O2. The van der Waals surface area contributed by atoms with Crippen molar-refractivity contribution in [2.75, 3.05) is 23.8 Å². The molecule has 0 bridgehead atoms. The molecule has 3 aromatic rings. The number of ether oxygens (including phenoxy) is 2. The summed E-state index contributed by atoms with van der Waals surface area (Å²) in [5.41, 5.74) is 1.82. The number of aromatic nitrogens is 4. The van der Waals surface area contributed by atoms with Gasteiger partial charge in [-0.1, -0.05) is 0 Å². The Labute approximate surface area is 176 Å². The molecule has 0 aliphatic carbocycles. The molecule has 2 aromatic heterocycles. The molecule has 1 fully saturated rings. The monoisotopic (exact) mass is 436 g/mol. The number of imidazole rings is 1. The van der Waals surface area contributed by atoms with Crippen molar-refractivity contribution in [2.24, 2.45) is 0 Å². The number of hydrogen-bond donors (Lipinski definition) is 2. The molecule has 3 heterocycles. The normalized spacial score (nSPS) is 16.8. The molecule has 8 nitrogen and oxygen atoms in total. The molecule has 0 saturated carbocycles. The van der Waals surface area contributed by atoms with Gasteiger partial charge in [-0.3, -0.25) is 0 Å². The Balaban J connectivity index is 1.59. The van der Waals surface area contributed by atoms with Crippen LogP contribution in [0.2, 0.25) is 0 Å². The Morgan fingerprint density at radius 2 is 2.00 bits per heavy atom. The van der Waals surface area contributed by atoms with Crippen LogP contribution in [0, 0.1) is 0 Å². The van der Waals surface area contributed by atoms with E-state index in [9.17, 15) is 13.2 Å². The number of nitrogens with one attached hydrogen (secondary N) is 2. The minimum absolute atomic E-state index is 0.120. The Kier molecular flexibility index (Phi) is 5.86. The van der Waals surface area contributed by atoms with Gasteiger partial charge in [0, 0.05) is 24.9 Å². The van der Waals surface area contributed by atoms with Crippen LogP contribution in [0.15, 0.2) is 30.6 Å². The van der Waals surface area contributed by atoms with Crippen LogP contribution in [0.1, 0.15) is 32.7 Å². The van der Waals surface area contributed by atoms with Gasteiger partial charge in [-0.25, -0.2) is 4.98 Å². The van der Waals surface area contributed by atoms with Gasteiger partial charge < -0.3 is 24.7 Å². The van der Waals surface area contributed by atoms with Crippen molar-refractivity contribution in [2.45, 2.75) is 45.2 Å². The number of anilines is 3. The summed E-state index contributed by atoms with van der Waals surface area (Å²) in [5.74, 6) is 0.569. The number of hydrogen-bond acceptors (Lipinski definition) is 7. The van der Waals surface area contributed by atoms with Crippen LogP contribution in [0.5, 0.6) is 5.75 Å². The van der Waals surface area contributed by atoms with Gasteiger partial charge in [0.15, 0.2) is 17.0 Å². The summed E-state index contributed by atoms with van der Waals surface area (Å²) in [6.07, 6.45) is -0.876. The zero-order valence-electron chi connectivity index (χ0n) is 17.1. The topological polar surface area (TPSA) is 86.1 Å². The largest absolute Gasteiger partial charge is 0.573 e. The first-order valence-electron chi connectivity index (χ1n) is 10.0. The van der Waals surface area contributed by atoms with E-state index < -0.39 is 6.36 Å². The molecular weight excluding hydrogens is 413 g/mol. The predicted octanol–water partition coefficient (Wildman–Crippen LogP) is 4.64. The van der Waals surface area contributed by atoms with E-state index >= 15 is 0 Å². The average Bonchev–Trinajstić information content (AvgIpc) is 3.36. The van der Waals surface area contributed by atoms with Crippen molar-refractivity contribution in [3.8, 4) is 5.75 Å². The van der Waals surface area contributed by atoms with E-state index in [-0.39, 0.29) is 17.9 Å². The lowest BCUT2D eigenvalue weighted by atomic mass is 10.2. The second-order valence-electron chi connectivity index (χ2n) is 7.53. The highest BCUT2D eigenvalue weighted by atomic mass is 19.4. The summed E-state index contributed by atoms with van der Waals surface area (Å²) < 4.78 is 48.6. The summed E-state index contributed by atoms with van der Waals surface area (Å²) in [7, 11) is 0. The summed E-state index contributed by atoms with van der Waals surface area (Å²) in [4.78, 5) is 13.6. The minimum atomic E-state index is -4.73. The molecule has 1 aromatic carbocycles. The standard InChI is InChI=1S/C20H23F3N6O2/c1-12(2)29-11-25-16-17(24-10-15-4-3-9-30-15)27-19(28-18(16)29)26-13-5-7-14(8-6-13)31-20(21,22)23/h5-8,11-12,15H,3-4,9-10H2,1-2H3,(H2,24,26,27,28). The highest BCUT2D eigenvalue weighted by molar-refractivity contribution is 5.84. The third kappa shape index (κ3) is 5.16. The molecule has 1 saturated heterocycles. The van der Waals surface area contributed by atoms with E-state index in [0.717, 1.165) is 19.4 Å². The molecule has 0 spiro atoms. The first kappa shape index (κ1) is 21.2. The Bertz CT molecular complexity index is 1030. The molecule has 166 valence electrons. The van der Waals surface area contributed by atoms with Crippen molar-refractivity contribution in [3.63, 3.8) is 0 Å². The molecule has 1 unspecified atom stereocenters. The lowest BCUT2D eigenvalue weighted by Gasteiger charge is -2.14. The second-order valence-corrected chi connectivity index (χ2v) is 7.53. The van der Waals surface area contributed by atoms with Crippen LogP contribution in [-0.4, -0.2) is 45.1 Å². The molecule has 1 aliphatic heterocycles. The molecule has 2 N–H and O–H groups in total.